The third kappa shape index (κ3) is 4.60. The van der Waals surface area contributed by atoms with Crippen LogP contribution < -0.4 is 0 Å². The molecule has 0 aliphatic rings. The molecule has 0 fully saturated rings. The zero-order valence-electron chi connectivity index (χ0n) is 9.55. The molecule has 0 spiro atoms. The van der Waals surface area contributed by atoms with Gasteiger partial charge in [0, 0.05) is 6.42 Å². The standard InChI is InChI=1S/C10H22O3/c1-7-10(6,11)13-12-9(4,5)8(2)3/h8,11H,7H2,1-6H3. The summed E-state index contributed by atoms with van der Waals surface area (Å²) in [5, 5.41) is 9.52. The van der Waals surface area contributed by atoms with Gasteiger partial charge in [-0.1, -0.05) is 20.8 Å². The molecule has 0 aromatic rings. The topological polar surface area (TPSA) is 38.7 Å². The van der Waals surface area contributed by atoms with Gasteiger partial charge in [-0.15, -0.1) is 0 Å². The third-order valence-corrected chi connectivity index (χ3v) is 2.48. The van der Waals surface area contributed by atoms with Crippen LogP contribution in [0.1, 0.15) is 48.0 Å². The molecule has 0 bridgehead atoms. The van der Waals surface area contributed by atoms with Crippen LogP contribution >= 0.6 is 0 Å². The molecule has 0 aromatic carbocycles. The Bertz CT molecular complexity index is 150. The first kappa shape index (κ1) is 12.9. The maximum absolute atomic E-state index is 9.52. The van der Waals surface area contributed by atoms with Crippen LogP contribution in [-0.2, 0) is 9.78 Å². The van der Waals surface area contributed by atoms with E-state index < -0.39 is 5.79 Å². The van der Waals surface area contributed by atoms with Crippen molar-refractivity contribution in [1.82, 2.24) is 0 Å². The van der Waals surface area contributed by atoms with Crippen molar-refractivity contribution in [2.24, 2.45) is 5.92 Å². The lowest BCUT2D eigenvalue weighted by Gasteiger charge is -2.31. The zero-order chi connectivity index (χ0) is 10.7. The van der Waals surface area contributed by atoms with Crippen molar-refractivity contribution in [3.63, 3.8) is 0 Å². The van der Waals surface area contributed by atoms with Gasteiger partial charge < -0.3 is 5.11 Å². The summed E-state index contributed by atoms with van der Waals surface area (Å²) in [6, 6.07) is 0. The lowest BCUT2D eigenvalue weighted by molar-refractivity contribution is -0.455. The Labute approximate surface area is 81.0 Å². The van der Waals surface area contributed by atoms with Gasteiger partial charge in [-0.25, -0.2) is 9.78 Å². The van der Waals surface area contributed by atoms with E-state index in [0.29, 0.717) is 12.3 Å². The Morgan fingerprint density at radius 3 is 1.92 bits per heavy atom. The third-order valence-electron chi connectivity index (χ3n) is 2.48. The second kappa shape index (κ2) is 4.40. The van der Waals surface area contributed by atoms with Crippen LogP contribution in [0.25, 0.3) is 0 Å². The van der Waals surface area contributed by atoms with Crippen LogP contribution in [0.2, 0.25) is 0 Å². The average Bonchev–Trinajstić information content (AvgIpc) is 2.01. The smallest absolute Gasteiger partial charge is 0.196 e. The van der Waals surface area contributed by atoms with E-state index in [-0.39, 0.29) is 5.60 Å². The highest BCUT2D eigenvalue weighted by atomic mass is 17.2. The van der Waals surface area contributed by atoms with Crippen LogP contribution in [0.5, 0.6) is 0 Å². The Morgan fingerprint density at radius 2 is 1.62 bits per heavy atom. The van der Waals surface area contributed by atoms with Crippen LogP contribution in [0.4, 0.5) is 0 Å². The summed E-state index contributed by atoms with van der Waals surface area (Å²) in [6.07, 6.45) is 0.501. The summed E-state index contributed by atoms with van der Waals surface area (Å²) in [5.74, 6) is -0.855. The molecule has 1 unspecified atom stereocenters. The summed E-state index contributed by atoms with van der Waals surface area (Å²) in [6.45, 7) is 11.4. The molecule has 0 aliphatic carbocycles. The van der Waals surface area contributed by atoms with E-state index in [1.54, 1.807) is 6.92 Å². The van der Waals surface area contributed by atoms with Gasteiger partial charge in [0.25, 0.3) is 0 Å². The molecule has 0 aromatic heterocycles. The van der Waals surface area contributed by atoms with E-state index in [2.05, 4.69) is 0 Å². The van der Waals surface area contributed by atoms with Crippen molar-refractivity contribution in [3.8, 4) is 0 Å². The summed E-state index contributed by atoms with van der Waals surface area (Å²) in [7, 11) is 0. The predicted octanol–water partition coefficient (Wildman–Crippen LogP) is 2.49. The van der Waals surface area contributed by atoms with Crippen molar-refractivity contribution in [1.29, 1.82) is 0 Å². The molecule has 0 radical (unpaired) electrons. The molecule has 0 aliphatic heterocycles. The summed E-state index contributed by atoms with van der Waals surface area (Å²) >= 11 is 0. The Hall–Kier alpha value is -0.120. The molecule has 0 amide bonds. The molecule has 0 saturated carbocycles. The van der Waals surface area contributed by atoms with Crippen molar-refractivity contribution >= 4 is 0 Å². The zero-order valence-corrected chi connectivity index (χ0v) is 9.55. The minimum Gasteiger partial charge on any atom is -0.363 e. The Kier molecular flexibility index (Phi) is 4.36. The highest BCUT2D eigenvalue weighted by molar-refractivity contribution is 4.70. The normalized spacial score (nSPS) is 17.5. The van der Waals surface area contributed by atoms with Gasteiger partial charge in [0.05, 0.1) is 0 Å². The van der Waals surface area contributed by atoms with Crippen LogP contribution in [0, 0.1) is 5.92 Å². The second-order valence-corrected chi connectivity index (χ2v) is 4.45. The molecule has 3 heteroatoms. The molecule has 1 atom stereocenters. The molecule has 0 saturated heterocycles. The Morgan fingerprint density at radius 1 is 1.15 bits per heavy atom. The molecule has 0 heterocycles. The SMILES string of the molecule is CCC(C)(O)OOC(C)(C)C(C)C. The lowest BCUT2D eigenvalue weighted by Crippen LogP contribution is -2.37. The molecule has 80 valence electrons. The van der Waals surface area contributed by atoms with Crippen LogP contribution in [-0.4, -0.2) is 16.5 Å². The largest absolute Gasteiger partial charge is 0.363 e. The summed E-state index contributed by atoms with van der Waals surface area (Å²) < 4.78 is 0. The van der Waals surface area contributed by atoms with E-state index in [9.17, 15) is 5.11 Å². The van der Waals surface area contributed by atoms with Gasteiger partial charge in [-0.05, 0) is 26.7 Å². The molecular formula is C10H22O3. The van der Waals surface area contributed by atoms with Gasteiger partial charge in [-0.3, -0.25) is 0 Å². The summed E-state index contributed by atoms with van der Waals surface area (Å²) in [4.78, 5) is 10.2. The number of hydrogen-bond acceptors (Lipinski definition) is 3. The highest BCUT2D eigenvalue weighted by Gasteiger charge is 2.29. The van der Waals surface area contributed by atoms with E-state index >= 15 is 0 Å². The van der Waals surface area contributed by atoms with E-state index in [0.717, 1.165) is 0 Å². The van der Waals surface area contributed by atoms with Crippen molar-refractivity contribution in [2.45, 2.75) is 59.4 Å². The van der Waals surface area contributed by atoms with E-state index in [1.165, 1.54) is 0 Å². The molecule has 3 nitrogen and oxygen atoms in total. The maximum Gasteiger partial charge on any atom is 0.196 e. The first-order valence-corrected chi connectivity index (χ1v) is 4.80. The fourth-order valence-corrected chi connectivity index (χ4v) is 0.352. The van der Waals surface area contributed by atoms with Gasteiger partial charge >= 0.3 is 0 Å². The van der Waals surface area contributed by atoms with E-state index in [4.69, 9.17) is 9.78 Å². The fourth-order valence-electron chi connectivity index (χ4n) is 0.352. The van der Waals surface area contributed by atoms with Crippen LogP contribution in [0.15, 0.2) is 0 Å². The average molecular weight is 190 g/mol. The monoisotopic (exact) mass is 190 g/mol. The highest BCUT2D eigenvalue weighted by Crippen LogP contribution is 2.23. The van der Waals surface area contributed by atoms with Crippen molar-refractivity contribution in [2.75, 3.05) is 0 Å². The maximum atomic E-state index is 9.52. The van der Waals surface area contributed by atoms with Gasteiger partial charge in [0.15, 0.2) is 5.79 Å². The molecule has 1 N–H and O–H groups in total. The minimum atomic E-state index is -1.19. The van der Waals surface area contributed by atoms with Crippen molar-refractivity contribution < 1.29 is 14.9 Å². The van der Waals surface area contributed by atoms with Gasteiger partial charge in [0.1, 0.15) is 5.60 Å². The predicted molar refractivity (Wildman–Crippen MR) is 52.0 cm³/mol. The number of rotatable bonds is 5. The minimum absolute atomic E-state index is 0.333. The van der Waals surface area contributed by atoms with E-state index in [1.807, 2.05) is 34.6 Å². The lowest BCUT2D eigenvalue weighted by atomic mass is 9.95. The summed E-state index contributed by atoms with van der Waals surface area (Å²) in [5.41, 5.74) is -0.376. The first-order chi connectivity index (χ1) is 5.71. The number of aliphatic hydroxyl groups is 1. The quantitative estimate of drug-likeness (QED) is 0.411. The second-order valence-electron chi connectivity index (χ2n) is 4.45. The van der Waals surface area contributed by atoms with Crippen LogP contribution in [0.3, 0.4) is 0 Å². The molecule has 13 heavy (non-hydrogen) atoms. The first-order valence-electron chi connectivity index (χ1n) is 4.80. The number of hydrogen-bond donors (Lipinski definition) is 1. The fraction of sp³-hybridized carbons (Fsp3) is 1.00. The molecular weight excluding hydrogens is 168 g/mol. The Balaban J connectivity index is 4.02. The van der Waals surface area contributed by atoms with Gasteiger partial charge in [-0.2, -0.15) is 0 Å². The molecule has 0 rings (SSSR count). The van der Waals surface area contributed by atoms with Gasteiger partial charge in [0.2, 0.25) is 0 Å². The van der Waals surface area contributed by atoms with Crippen molar-refractivity contribution in [3.05, 3.63) is 0 Å².